The van der Waals surface area contributed by atoms with Crippen LogP contribution in [0, 0.1) is 19.8 Å². The molecule has 3 aromatic carbocycles. The second-order valence-electron chi connectivity index (χ2n) is 8.25. The fourth-order valence-electron chi connectivity index (χ4n) is 3.72. The lowest BCUT2D eigenvalue weighted by molar-refractivity contribution is 0.0939. The van der Waals surface area contributed by atoms with Crippen molar-refractivity contribution >= 4 is 33.2 Å². The number of carbonyl (C=O) groups excluding carboxylic acids is 1. The number of aryl methyl sites for hydroxylation is 2. The van der Waals surface area contributed by atoms with Gasteiger partial charge in [-0.05, 0) is 73.4 Å². The van der Waals surface area contributed by atoms with Crippen LogP contribution < -0.4 is 14.8 Å². The summed E-state index contributed by atoms with van der Waals surface area (Å²) in [4.78, 5) is 12.8. The van der Waals surface area contributed by atoms with Crippen molar-refractivity contribution in [3.05, 3.63) is 87.9 Å². The zero-order valence-electron chi connectivity index (χ0n) is 18.4. The molecule has 1 aliphatic rings. The fourth-order valence-corrected chi connectivity index (χ4v) is 5.00. The molecule has 8 heteroatoms. The van der Waals surface area contributed by atoms with E-state index in [0.29, 0.717) is 18.8 Å². The third-order valence-electron chi connectivity index (χ3n) is 5.76. The molecule has 3 aromatic rings. The Morgan fingerprint density at radius 2 is 1.85 bits per heavy atom. The summed E-state index contributed by atoms with van der Waals surface area (Å²) in [5, 5.41) is 3.05. The number of ether oxygens (including phenoxy) is 1. The van der Waals surface area contributed by atoms with Crippen LogP contribution >= 0.6 is 11.6 Å². The SMILES string of the molecule is Cc1ccc(NS(=O)(=O)c2ccc(Cl)c(C(=O)NCC3COc4ccccc4C3)c2)cc1C. The van der Waals surface area contributed by atoms with E-state index >= 15 is 0 Å². The Labute approximate surface area is 199 Å². The van der Waals surface area contributed by atoms with Gasteiger partial charge in [-0.1, -0.05) is 35.9 Å². The number of hydrogen-bond donors (Lipinski definition) is 2. The van der Waals surface area contributed by atoms with Crippen molar-refractivity contribution in [3.8, 4) is 5.75 Å². The van der Waals surface area contributed by atoms with Crippen molar-refractivity contribution in [2.75, 3.05) is 17.9 Å². The van der Waals surface area contributed by atoms with E-state index in [1.807, 2.05) is 44.2 Å². The van der Waals surface area contributed by atoms with Crippen LogP contribution in [0.15, 0.2) is 65.6 Å². The smallest absolute Gasteiger partial charge is 0.261 e. The van der Waals surface area contributed by atoms with Crippen molar-refractivity contribution in [1.82, 2.24) is 5.32 Å². The van der Waals surface area contributed by atoms with Gasteiger partial charge in [0.25, 0.3) is 15.9 Å². The van der Waals surface area contributed by atoms with Crippen LogP contribution in [0.1, 0.15) is 27.0 Å². The number of rotatable bonds is 6. The maximum absolute atomic E-state index is 12.9. The Morgan fingerprint density at radius 1 is 1.06 bits per heavy atom. The lowest BCUT2D eigenvalue weighted by Crippen LogP contribution is -2.35. The molecule has 0 spiro atoms. The summed E-state index contributed by atoms with van der Waals surface area (Å²) in [5.41, 5.74) is 3.70. The van der Waals surface area contributed by atoms with Crippen molar-refractivity contribution in [2.24, 2.45) is 5.92 Å². The number of sulfonamides is 1. The Balaban J connectivity index is 1.46. The Hall–Kier alpha value is -3.03. The third kappa shape index (κ3) is 5.31. The number of fused-ring (bicyclic) bond motifs is 1. The van der Waals surface area contributed by atoms with Gasteiger partial charge in [0.05, 0.1) is 22.1 Å². The number of benzene rings is 3. The van der Waals surface area contributed by atoms with Gasteiger partial charge in [0, 0.05) is 18.2 Å². The number of hydrogen-bond acceptors (Lipinski definition) is 4. The molecule has 1 amide bonds. The number of para-hydroxylation sites is 1. The first kappa shape index (κ1) is 23.1. The predicted octanol–water partition coefficient (Wildman–Crippen LogP) is 4.74. The first-order valence-electron chi connectivity index (χ1n) is 10.6. The highest BCUT2D eigenvalue weighted by molar-refractivity contribution is 7.92. The molecule has 6 nitrogen and oxygen atoms in total. The van der Waals surface area contributed by atoms with Gasteiger partial charge in [0.15, 0.2) is 0 Å². The second-order valence-corrected chi connectivity index (χ2v) is 10.3. The van der Waals surface area contributed by atoms with Crippen molar-refractivity contribution in [3.63, 3.8) is 0 Å². The van der Waals surface area contributed by atoms with E-state index in [1.54, 1.807) is 12.1 Å². The number of amides is 1. The monoisotopic (exact) mass is 484 g/mol. The van der Waals surface area contributed by atoms with Crippen LogP contribution in [0.4, 0.5) is 5.69 Å². The fraction of sp³-hybridized carbons (Fsp3) is 0.240. The third-order valence-corrected chi connectivity index (χ3v) is 7.47. The number of halogens is 1. The van der Waals surface area contributed by atoms with Gasteiger partial charge in [-0.25, -0.2) is 8.42 Å². The van der Waals surface area contributed by atoms with E-state index in [-0.39, 0.29) is 21.4 Å². The van der Waals surface area contributed by atoms with Crippen LogP contribution in [0.3, 0.4) is 0 Å². The normalized spacial score (nSPS) is 15.3. The van der Waals surface area contributed by atoms with Gasteiger partial charge >= 0.3 is 0 Å². The minimum Gasteiger partial charge on any atom is -0.493 e. The van der Waals surface area contributed by atoms with Crippen LogP contribution in [0.25, 0.3) is 0 Å². The Kier molecular flexibility index (Phi) is 6.63. The van der Waals surface area contributed by atoms with E-state index in [4.69, 9.17) is 16.3 Å². The molecule has 0 fully saturated rings. The molecule has 2 N–H and O–H groups in total. The molecule has 0 aliphatic carbocycles. The molecule has 0 bridgehead atoms. The largest absolute Gasteiger partial charge is 0.493 e. The maximum atomic E-state index is 12.9. The average molecular weight is 485 g/mol. The van der Waals surface area contributed by atoms with E-state index in [1.165, 1.54) is 18.2 Å². The Morgan fingerprint density at radius 3 is 2.64 bits per heavy atom. The molecule has 1 heterocycles. The van der Waals surface area contributed by atoms with E-state index < -0.39 is 15.9 Å². The van der Waals surface area contributed by atoms with Crippen molar-refractivity contribution in [1.29, 1.82) is 0 Å². The molecule has 33 heavy (non-hydrogen) atoms. The lowest BCUT2D eigenvalue weighted by atomic mass is 9.96. The average Bonchev–Trinajstić information content (AvgIpc) is 2.79. The second kappa shape index (κ2) is 9.45. The Bertz CT molecular complexity index is 1310. The van der Waals surface area contributed by atoms with E-state index in [0.717, 1.165) is 28.9 Å². The molecular formula is C25H25ClN2O4S. The molecule has 1 aliphatic heterocycles. The van der Waals surface area contributed by atoms with Gasteiger partial charge in [-0.3, -0.25) is 9.52 Å². The highest BCUT2D eigenvalue weighted by Gasteiger charge is 2.22. The van der Waals surface area contributed by atoms with Crippen molar-refractivity contribution < 1.29 is 17.9 Å². The summed E-state index contributed by atoms with van der Waals surface area (Å²) >= 11 is 6.23. The molecule has 0 saturated carbocycles. The molecule has 0 aromatic heterocycles. The van der Waals surface area contributed by atoms with Gasteiger partial charge < -0.3 is 10.1 Å². The van der Waals surface area contributed by atoms with Crippen LogP contribution in [0.5, 0.6) is 5.75 Å². The van der Waals surface area contributed by atoms with Gasteiger partial charge in [-0.2, -0.15) is 0 Å². The summed E-state index contributed by atoms with van der Waals surface area (Å²) in [6, 6.07) is 17.3. The summed E-state index contributed by atoms with van der Waals surface area (Å²) in [7, 11) is -3.89. The first-order chi connectivity index (χ1) is 15.7. The predicted molar refractivity (Wildman–Crippen MR) is 130 cm³/mol. The van der Waals surface area contributed by atoms with E-state index in [2.05, 4.69) is 10.0 Å². The van der Waals surface area contributed by atoms with E-state index in [9.17, 15) is 13.2 Å². The number of nitrogens with one attached hydrogen (secondary N) is 2. The molecule has 0 saturated heterocycles. The van der Waals surface area contributed by atoms with Crippen LogP contribution in [0.2, 0.25) is 5.02 Å². The molecular weight excluding hydrogens is 460 g/mol. The molecule has 4 rings (SSSR count). The highest BCUT2D eigenvalue weighted by Crippen LogP contribution is 2.27. The van der Waals surface area contributed by atoms with Crippen molar-refractivity contribution in [2.45, 2.75) is 25.2 Å². The summed E-state index contributed by atoms with van der Waals surface area (Å²) < 4.78 is 34.1. The van der Waals surface area contributed by atoms with Crippen LogP contribution in [-0.2, 0) is 16.4 Å². The zero-order valence-corrected chi connectivity index (χ0v) is 20.0. The molecule has 1 unspecified atom stereocenters. The van der Waals surface area contributed by atoms with Gasteiger partial charge in [0.1, 0.15) is 5.75 Å². The number of carbonyl (C=O) groups is 1. The topological polar surface area (TPSA) is 84.5 Å². The highest BCUT2D eigenvalue weighted by atomic mass is 35.5. The standard InChI is InChI=1S/C25H25ClN2O4S/c1-16-7-8-20(11-17(16)2)28-33(30,31)21-9-10-23(26)22(13-21)25(29)27-14-18-12-19-5-3-4-6-24(19)32-15-18/h3-11,13,18,28H,12,14-15H2,1-2H3,(H,27,29). The first-order valence-corrected chi connectivity index (χ1v) is 12.5. The summed E-state index contributed by atoms with van der Waals surface area (Å²) in [6.45, 7) is 4.75. The minimum atomic E-state index is -3.89. The zero-order chi connectivity index (χ0) is 23.6. The molecule has 1 atom stereocenters. The summed E-state index contributed by atoms with van der Waals surface area (Å²) in [6.07, 6.45) is 0.790. The number of anilines is 1. The van der Waals surface area contributed by atoms with Gasteiger partial charge in [-0.15, -0.1) is 0 Å². The maximum Gasteiger partial charge on any atom is 0.261 e. The minimum absolute atomic E-state index is 0.0368. The quantitative estimate of drug-likeness (QED) is 0.529. The molecule has 172 valence electrons. The molecule has 0 radical (unpaired) electrons. The van der Waals surface area contributed by atoms with Gasteiger partial charge in [0.2, 0.25) is 0 Å². The lowest BCUT2D eigenvalue weighted by Gasteiger charge is -2.25. The van der Waals surface area contributed by atoms with Crippen LogP contribution in [-0.4, -0.2) is 27.5 Å². The summed E-state index contributed by atoms with van der Waals surface area (Å²) in [5.74, 6) is 0.556.